The summed E-state index contributed by atoms with van der Waals surface area (Å²) in [6, 6.07) is -0.359. The third kappa shape index (κ3) is 9.00. The second-order valence-electron chi connectivity index (χ2n) is 3.15. The summed E-state index contributed by atoms with van der Waals surface area (Å²) in [5, 5.41) is 8.43. The van der Waals surface area contributed by atoms with Crippen molar-refractivity contribution in [2.75, 3.05) is 0 Å². The van der Waals surface area contributed by atoms with Gasteiger partial charge in [-0.15, -0.1) is 0 Å². The lowest BCUT2D eigenvalue weighted by Gasteiger charge is -2.00. The number of hydrogen-bond donors (Lipinski definition) is 2. The zero-order valence-electron chi connectivity index (χ0n) is 8.65. The first-order valence-electron chi connectivity index (χ1n) is 4.95. The third-order valence-electron chi connectivity index (χ3n) is 1.70. The molecule has 0 aliphatic carbocycles. The third-order valence-corrected chi connectivity index (χ3v) is 1.70. The number of carboxylic acid groups (broad SMARTS) is 1. The van der Waals surface area contributed by atoms with Crippen molar-refractivity contribution in [1.29, 1.82) is 0 Å². The standard InChI is InChI=1S/C11H19NO2/c1-2-3-4-5-6-7-8-10(12)9-11(13)14/h3-4,7-8,10H,2,5-6,9,12H2,1H3,(H,13,14)/b4-3-,8-7+. The number of unbranched alkanes of at least 4 members (excludes halogenated alkanes) is 1. The van der Waals surface area contributed by atoms with Gasteiger partial charge in [-0.1, -0.05) is 31.2 Å². The second kappa shape index (κ2) is 8.51. The molecule has 0 saturated carbocycles. The van der Waals surface area contributed by atoms with Gasteiger partial charge in [0, 0.05) is 6.04 Å². The molecule has 1 unspecified atom stereocenters. The summed E-state index contributed by atoms with van der Waals surface area (Å²) >= 11 is 0. The molecule has 0 aliphatic heterocycles. The topological polar surface area (TPSA) is 63.3 Å². The number of allylic oxidation sites excluding steroid dienone is 3. The van der Waals surface area contributed by atoms with E-state index < -0.39 is 5.97 Å². The molecule has 0 amide bonds. The average Bonchev–Trinajstić information content (AvgIpc) is 2.10. The van der Waals surface area contributed by atoms with E-state index >= 15 is 0 Å². The zero-order chi connectivity index (χ0) is 10.8. The van der Waals surface area contributed by atoms with Crippen LogP contribution in [0.25, 0.3) is 0 Å². The van der Waals surface area contributed by atoms with Crippen molar-refractivity contribution in [2.24, 2.45) is 5.73 Å². The lowest BCUT2D eigenvalue weighted by molar-refractivity contribution is -0.137. The van der Waals surface area contributed by atoms with Crippen LogP contribution in [0.3, 0.4) is 0 Å². The summed E-state index contributed by atoms with van der Waals surface area (Å²) in [5.41, 5.74) is 5.53. The molecule has 0 aromatic carbocycles. The highest BCUT2D eigenvalue weighted by atomic mass is 16.4. The van der Waals surface area contributed by atoms with Gasteiger partial charge in [0.05, 0.1) is 6.42 Å². The highest BCUT2D eigenvalue weighted by Gasteiger charge is 2.02. The Morgan fingerprint density at radius 3 is 2.57 bits per heavy atom. The highest BCUT2D eigenvalue weighted by molar-refractivity contribution is 5.67. The van der Waals surface area contributed by atoms with E-state index in [0.29, 0.717) is 0 Å². The van der Waals surface area contributed by atoms with Crippen molar-refractivity contribution < 1.29 is 9.90 Å². The molecular formula is C11H19NO2. The Morgan fingerprint density at radius 2 is 2.00 bits per heavy atom. The molecule has 0 rings (SSSR count). The minimum absolute atomic E-state index is 0.00129. The van der Waals surface area contributed by atoms with Crippen molar-refractivity contribution in [1.82, 2.24) is 0 Å². The molecule has 14 heavy (non-hydrogen) atoms. The van der Waals surface area contributed by atoms with E-state index in [1.807, 2.05) is 6.08 Å². The van der Waals surface area contributed by atoms with Crippen molar-refractivity contribution in [3.63, 3.8) is 0 Å². The molecule has 0 spiro atoms. The van der Waals surface area contributed by atoms with E-state index in [1.54, 1.807) is 6.08 Å². The monoisotopic (exact) mass is 197 g/mol. The zero-order valence-corrected chi connectivity index (χ0v) is 8.65. The lowest BCUT2D eigenvalue weighted by atomic mass is 10.2. The Hall–Kier alpha value is -1.09. The van der Waals surface area contributed by atoms with Crippen molar-refractivity contribution in [3.05, 3.63) is 24.3 Å². The lowest BCUT2D eigenvalue weighted by Crippen LogP contribution is -2.20. The van der Waals surface area contributed by atoms with Gasteiger partial charge in [0.25, 0.3) is 0 Å². The van der Waals surface area contributed by atoms with E-state index in [9.17, 15) is 4.79 Å². The van der Waals surface area contributed by atoms with Crippen LogP contribution in [0, 0.1) is 0 Å². The molecular weight excluding hydrogens is 178 g/mol. The van der Waals surface area contributed by atoms with Crippen molar-refractivity contribution >= 4 is 5.97 Å². The fourth-order valence-corrected chi connectivity index (χ4v) is 1.02. The maximum atomic E-state index is 10.3. The van der Waals surface area contributed by atoms with Crippen LogP contribution in [0.5, 0.6) is 0 Å². The predicted molar refractivity (Wildman–Crippen MR) is 58.0 cm³/mol. The first kappa shape index (κ1) is 12.9. The molecule has 3 N–H and O–H groups in total. The van der Waals surface area contributed by atoms with Gasteiger partial charge in [-0.05, 0) is 19.3 Å². The fourth-order valence-electron chi connectivity index (χ4n) is 1.02. The smallest absolute Gasteiger partial charge is 0.305 e. The minimum Gasteiger partial charge on any atom is -0.481 e. The van der Waals surface area contributed by atoms with Crippen LogP contribution in [0.2, 0.25) is 0 Å². The van der Waals surface area contributed by atoms with E-state index in [0.717, 1.165) is 19.3 Å². The largest absolute Gasteiger partial charge is 0.481 e. The molecule has 0 aromatic rings. The van der Waals surface area contributed by atoms with E-state index in [1.165, 1.54) is 0 Å². The molecule has 0 bridgehead atoms. The minimum atomic E-state index is -0.854. The molecule has 3 heteroatoms. The summed E-state index contributed by atoms with van der Waals surface area (Å²) in [6.45, 7) is 2.09. The molecule has 0 saturated heterocycles. The van der Waals surface area contributed by atoms with E-state index in [4.69, 9.17) is 10.8 Å². The van der Waals surface area contributed by atoms with Crippen LogP contribution < -0.4 is 5.73 Å². The first-order chi connectivity index (χ1) is 6.66. The van der Waals surface area contributed by atoms with Gasteiger partial charge < -0.3 is 10.8 Å². The average molecular weight is 197 g/mol. The van der Waals surface area contributed by atoms with Gasteiger partial charge in [-0.25, -0.2) is 0 Å². The molecule has 0 fully saturated rings. The van der Waals surface area contributed by atoms with E-state index in [2.05, 4.69) is 19.1 Å². The van der Waals surface area contributed by atoms with Crippen LogP contribution in [0.15, 0.2) is 24.3 Å². The van der Waals surface area contributed by atoms with Gasteiger partial charge in [0.1, 0.15) is 0 Å². The van der Waals surface area contributed by atoms with Crippen molar-refractivity contribution in [2.45, 2.75) is 38.6 Å². The highest BCUT2D eigenvalue weighted by Crippen LogP contribution is 1.97. The van der Waals surface area contributed by atoms with Gasteiger partial charge in [0.15, 0.2) is 0 Å². The Labute approximate surface area is 85.3 Å². The maximum Gasteiger partial charge on any atom is 0.305 e. The van der Waals surface area contributed by atoms with Crippen LogP contribution in [0.4, 0.5) is 0 Å². The molecule has 0 aliphatic rings. The summed E-state index contributed by atoms with van der Waals surface area (Å²) in [6.07, 6.45) is 10.9. The van der Waals surface area contributed by atoms with Crippen LogP contribution in [-0.2, 0) is 4.79 Å². The summed E-state index contributed by atoms with van der Waals surface area (Å²) < 4.78 is 0. The number of hydrogen-bond acceptors (Lipinski definition) is 2. The second-order valence-corrected chi connectivity index (χ2v) is 3.15. The summed E-state index contributed by atoms with van der Waals surface area (Å²) in [7, 11) is 0. The quantitative estimate of drug-likeness (QED) is 0.485. The van der Waals surface area contributed by atoms with E-state index in [-0.39, 0.29) is 12.5 Å². The molecule has 3 nitrogen and oxygen atoms in total. The molecule has 1 atom stereocenters. The van der Waals surface area contributed by atoms with Crippen molar-refractivity contribution in [3.8, 4) is 0 Å². The summed E-state index contributed by atoms with van der Waals surface area (Å²) in [4.78, 5) is 10.3. The number of carbonyl (C=O) groups is 1. The predicted octanol–water partition coefficient (Wildman–Crippen LogP) is 2.09. The molecule has 0 aromatic heterocycles. The Bertz CT molecular complexity index is 209. The number of aliphatic carboxylic acids is 1. The van der Waals surface area contributed by atoms with Gasteiger partial charge >= 0.3 is 5.97 Å². The maximum absolute atomic E-state index is 10.3. The van der Waals surface area contributed by atoms with Crippen LogP contribution in [-0.4, -0.2) is 17.1 Å². The SMILES string of the molecule is CC/C=C\CC/C=C/C(N)CC(=O)O. The Balaban J connectivity index is 3.51. The van der Waals surface area contributed by atoms with Crippen LogP contribution >= 0.6 is 0 Å². The van der Waals surface area contributed by atoms with Gasteiger partial charge in [-0.2, -0.15) is 0 Å². The number of nitrogens with two attached hydrogens (primary N) is 1. The van der Waals surface area contributed by atoms with Crippen LogP contribution in [0.1, 0.15) is 32.6 Å². The van der Waals surface area contributed by atoms with Gasteiger partial charge in [0.2, 0.25) is 0 Å². The number of carboxylic acids is 1. The molecule has 0 radical (unpaired) electrons. The Kier molecular flexibility index (Phi) is 7.84. The molecule has 0 heterocycles. The molecule has 80 valence electrons. The fraction of sp³-hybridized carbons (Fsp3) is 0.545. The first-order valence-corrected chi connectivity index (χ1v) is 4.95. The summed E-state index contributed by atoms with van der Waals surface area (Å²) in [5.74, 6) is -0.854. The van der Waals surface area contributed by atoms with Gasteiger partial charge in [-0.3, -0.25) is 4.79 Å². The normalized spacial score (nSPS) is 13.9. The Morgan fingerprint density at radius 1 is 1.36 bits per heavy atom. The number of rotatable bonds is 7.